The first-order valence-electron chi connectivity index (χ1n) is 8.94. The van der Waals surface area contributed by atoms with E-state index in [9.17, 15) is 14.7 Å². The van der Waals surface area contributed by atoms with Gasteiger partial charge in [-0.25, -0.2) is 4.79 Å². The number of carboxylic acid groups (broad SMARTS) is 1. The molecule has 6 nitrogen and oxygen atoms in total. The molecule has 0 aromatic rings. The van der Waals surface area contributed by atoms with E-state index in [1.165, 1.54) is 4.90 Å². The summed E-state index contributed by atoms with van der Waals surface area (Å²) in [5.41, 5.74) is -0.304. The number of carbonyl (C=O) groups excluding carboxylic acids is 1. The predicted octanol–water partition coefficient (Wildman–Crippen LogP) is 1.43. The van der Waals surface area contributed by atoms with Crippen LogP contribution in [0.3, 0.4) is 0 Å². The minimum Gasteiger partial charge on any atom is -0.465 e. The summed E-state index contributed by atoms with van der Waals surface area (Å²) in [5.74, 6) is 1.27. The van der Waals surface area contributed by atoms with E-state index in [1.54, 1.807) is 0 Å². The summed E-state index contributed by atoms with van der Waals surface area (Å²) in [7, 11) is 0. The highest BCUT2D eigenvalue weighted by molar-refractivity contribution is 5.83. The van der Waals surface area contributed by atoms with E-state index in [4.69, 9.17) is 5.11 Å². The Morgan fingerprint density at radius 3 is 2.48 bits per heavy atom. The summed E-state index contributed by atoms with van der Waals surface area (Å²) in [5, 5.41) is 22.6. The number of nitrogens with one attached hydrogen (secondary N) is 1. The molecule has 23 heavy (non-hydrogen) atoms. The molecule has 128 valence electrons. The standard InChI is InChI=1S/C17H26N2O4/c20-14-11-4-10-5-12(14)8-17(6-10,7-11)15(21)18-13-2-1-3-19(9-13)16(22)23/h10-14,20H,1-9H2,(H,18,21)(H,22,23)/t10?,11?,12?,13-,14?,17?/m0/s1. The molecule has 3 atom stereocenters. The van der Waals surface area contributed by atoms with Crippen molar-refractivity contribution in [2.75, 3.05) is 13.1 Å². The maximum atomic E-state index is 13.0. The Balaban J connectivity index is 1.44. The lowest BCUT2D eigenvalue weighted by molar-refractivity contribution is -0.164. The Hall–Kier alpha value is -1.30. The van der Waals surface area contributed by atoms with Gasteiger partial charge in [-0.3, -0.25) is 4.79 Å². The Bertz CT molecular complexity index is 507. The van der Waals surface area contributed by atoms with Gasteiger partial charge in [-0.1, -0.05) is 0 Å². The van der Waals surface area contributed by atoms with Crippen LogP contribution < -0.4 is 5.32 Å². The summed E-state index contributed by atoms with van der Waals surface area (Å²) in [6, 6.07) is -0.0646. The zero-order valence-corrected chi connectivity index (χ0v) is 13.4. The second-order valence-electron chi connectivity index (χ2n) is 8.28. The SMILES string of the molecule is O=C(O)N1CCC[C@H](NC(=O)C23CC4CC(C2)C(O)C(C4)C3)C1. The van der Waals surface area contributed by atoms with Crippen LogP contribution in [0.15, 0.2) is 0 Å². The van der Waals surface area contributed by atoms with Crippen LogP contribution in [0.5, 0.6) is 0 Å². The number of carbonyl (C=O) groups is 2. The van der Waals surface area contributed by atoms with Crippen molar-refractivity contribution in [3.8, 4) is 0 Å². The normalized spacial score (nSPS) is 45.1. The van der Waals surface area contributed by atoms with Gasteiger partial charge in [0.1, 0.15) is 0 Å². The zero-order valence-electron chi connectivity index (χ0n) is 13.4. The van der Waals surface area contributed by atoms with E-state index in [-0.39, 0.29) is 35.3 Å². The zero-order chi connectivity index (χ0) is 16.2. The molecule has 3 N–H and O–H groups in total. The summed E-state index contributed by atoms with van der Waals surface area (Å²) < 4.78 is 0. The first-order valence-corrected chi connectivity index (χ1v) is 8.94. The Morgan fingerprint density at radius 2 is 1.83 bits per heavy atom. The van der Waals surface area contributed by atoms with Gasteiger partial charge in [0.25, 0.3) is 0 Å². The number of rotatable bonds is 2. The summed E-state index contributed by atoms with van der Waals surface area (Å²) in [4.78, 5) is 25.5. The van der Waals surface area contributed by atoms with Crippen LogP contribution in [-0.2, 0) is 4.79 Å². The molecule has 4 saturated carbocycles. The largest absolute Gasteiger partial charge is 0.465 e. The number of likely N-dealkylation sites (tertiary alicyclic amines) is 1. The van der Waals surface area contributed by atoms with Crippen molar-refractivity contribution in [1.29, 1.82) is 0 Å². The van der Waals surface area contributed by atoms with Gasteiger partial charge in [-0.05, 0) is 62.7 Å². The van der Waals surface area contributed by atoms with E-state index in [0.29, 0.717) is 19.0 Å². The van der Waals surface area contributed by atoms with E-state index < -0.39 is 6.09 Å². The Morgan fingerprint density at radius 1 is 1.13 bits per heavy atom. The highest BCUT2D eigenvalue weighted by Gasteiger charge is 2.58. The summed E-state index contributed by atoms with van der Waals surface area (Å²) in [6.07, 6.45) is 5.25. The van der Waals surface area contributed by atoms with Crippen LogP contribution >= 0.6 is 0 Å². The van der Waals surface area contributed by atoms with Crippen LogP contribution in [0.4, 0.5) is 4.79 Å². The average Bonchev–Trinajstić information content (AvgIpc) is 2.52. The number of amides is 2. The second kappa shape index (κ2) is 5.36. The van der Waals surface area contributed by atoms with Crippen molar-refractivity contribution in [3.63, 3.8) is 0 Å². The van der Waals surface area contributed by atoms with Crippen molar-refractivity contribution in [2.24, 2.45) is 23.2 Å². The van der Waals surface area contributed by atoms with Crippen molar-refractivity contribution in [2.45, 2.75) is 57.1 Å². The molecule has 4 bridgehead atoms. The quantitative estimate of drug-likeness (QED) is 0.717. The molecule has 2 amide bonds. The van der Waals surface area contributed by atoms with Gasteiger partial charge in [0, 0.05) is 19.1 Å². The monoisotopic (exact) mass is 322 g/mol. The molecule has 4 aliphatic carbocycles. The predicted molar refractivity (Wildman–Crippen MR) is 82.8 cm³/mol. The number of piperidine rings is 1. The smallest absolute Gasteiger partial charge is 0.407 e. The molecule has 0 aromatic carbocycles. The Labute approximate surface area is 136 Å². The van der Waals surface area contributed by atoms with Gasteiger partial charge in [-0.2, -0.15) is 0 Å². The summed E-state index contributed by atoms with van der Waals surface area (Å²) >= 11 is 0. The average molecular weight is 322 g/mol. The third-order valence-corrected chi connectivity index (χ3v) is 6.73. The molecule has 0 spiro atoms. The third-order valence-electron chi connectivity index (χ3n) is 6.73. The van der Waals surface area contributed by atoms with E-state index in [2.05, 4.69) is 5.32 Å². The second-order valence-corrected chi connectivity index (χ2v) is 8.28. The van der Waals surface area contributed by atoms with E-state index in [0.717, 1.165) is 44.9 Å². The maximum Gasteiger partial charge on any atom is 0.407 e. The van der Waals surface area contributed by atoms with Crippen LogP contribution in [0.1, 0.15) is 44.9 Å². The molecule has 5 rings (SSSR count). The van der Waals surface area contributed by atoms with Gasteiger partial charge < -0.3 is 20.4 Å². The van der Waals surface area contributed by atoms with Crippen LogP contribution in [0.2, 0.25) is 0 Å². The van der Waals surface area contributed by atoms with E-state index in [1.807, 2.05) is 0 Å². The molecule has 0 radical (unpaired) electrons. The minimum atomic E-state index is -0.901. The number of hydrogen-bond donors (Lipinski definition) is 3. The van der Waals surface area contributed by atoms with E-state index >= 15 is 0 Å². The lowest BCUT2D eigenvalue weighted by atomic mass is 9.48. The fraction of sp³-hybridized carbons (Fsp3) is 0.882. The molecule has 2 unspecified atom stereocenters. The molecular weight excluding hydrogens is 296 g/mol. The highest BCUT2D eigenvalue weighted by Crippen LogP contribution is 2.60. The van der Waals surface area contributed by atoms with Gasteiger partial charge in [0.2, 0.25) is 5.91 Å². The van der Waals surface area contributed by atoms with Crippen LogP contribution in [0, 0.1) is 23.2 Å². The van der Waals surface area contributed by atoms with Gasteiger partial charge >= 0.3 is 6.09 Å². The topological polar surface area (TPSA) is 89.9 Å². The molecule has 5 fully saturated rings. The lowest BCUT2D eigenvalue weighted by Gasteiger charge is -2.58. The molecule has 1 heterocycles. The first kappa shape index (κ1) is 15.2. The highest BCUT2D eigenvalue weighted by atomic mass is 16.4. The van der Waals surface area contributed by atoms with Crippen LogP contribution in [0.25, 0.3) is 0 Å². The fourth-order valence-electron chi connectivity index (χ4n) is 5.88. The lowest BCUT2D eigenvalue weighted by Crippen LogP contribution is -2.60. The Kier molecular flexibility index (Phi) is 3.55. The molecular formula is C17H26N2O4. The molecule has 6 heteroatoms. The van der Waals surface area contributed by atoms with Crippen molar-refractivity contribution >= 4 is 12.0 Å². The first-order chi connectivity index (χ1) is 11.0. The summed E-state index contributed by atoms with van der Waals surface area (Å²) in [6.45, 7) is 0.960. The van der Waals surface area contributed by atoms with Crippen molar-refractivity contribution in [3.05, 3.63) is 0 Å². The van der Waals surface area contributed by atoms with Crippen molar-refractivity contribution < 1.29 is 19.8 Å². The molecule has 0 aromatic heterocycles. The number of aliphatic hydroxyl groups excluding tert-OH is 1. The third kappa shape index (κ3) is 2.51. The minimum absolute atomic E-state index is 0.0646. The number of hydrogen-bond acceptors (Lipinski definition) is 3. The fourth-order valence-corrected chi connectivity index (χ4v) is 5.88. The van der Waals surface area contributed by atoms with Gasteiger partial charge in [0.05, 0.1) is 11.5 Å². The molecule has 1 aliphatic heterocycles. The van der Waals surface area contributed by atoms with Gasteiger partial charge in [-0.15, -0.1) is 0 Å². The van der Waals surface area contributed by atoms with Crippen LogP contribution in [-0.4, -0.2) is 52.3 Å². The number of nitrogens with zero attached hydrogens (tertiary/aromatic N) is 1. The van der Waals surface area contributed by atoms with Crippen molar-refractivity contribution in [1.82, 2.24) is 10.2 Å². The number of aliphatic hydroxyl groups is 1. The molecule has 5 aliphatic rings. The molecule has 1 saturated heterocycles. The van der Waals surface area contributed by atoms with Gasteiger partial charge in [0.15, 0.2) is 0 Å². The maximum absolute atomic E-state index is 13.0.